The van der Waals surface area contributed by atoms with E-state index in [1.165, 1.54) is 43.3 Å². The number of benzene rings is 2. The largest absolute Gasteiger partial charge is 0.417 e. The Balaban J connectivity index is 2.50. The minimum absolute atomic E-state index is 0.160. The van der Waals surface area contributed by atoms with Gasteiger partial charge in [0.15, 0.2) is 0 Å². The number of anilines is 2. The lowest BCUT2D eigenvalue weighted by molar-refractivity contribution is -0.137. The van der Waals surface area contributed by atoms with Gasteiger partial charge in [-0.3, -0.25) is 9.10 Å². The summed E-state index contributed by atoms with van der Waals surface area (Å²) in [6.45, 7) is 4.51. The van der Waals surface area contributed by atoms with E-state index >= 15 is 0 Å². The van der Waals surface area contributed by atoms with Gasteiger partial charge in [0.1, 0.15) is 0 Å². The molecule has 0 aliphatic heterocycles. The number of halogens is 4. The molecule has 0 fully saturated rings. The second-order valence-corrected chi connectivity index (χ2v) is 7.96. The van der Waals surface area contributed by atoms with Crippen molar-refractivity contribution in [2.45, 2.75) is 18.0 Å². The summed E-state index contributed by atoms with van der Waals surface area (Å²) < 4.78 is 66.2. The SMILES string of the molecule is C=CCN(c1ccc(Cl)c(C(F)(F)F)c1)S(=O)(=O)c1ccc(NC(C)=O)cc1. The van der Waals surface area contributed by atoms with Crippen molar-refractivity contribution in [3.05, 3.63) is 65.7 Å². The van der Waals surface area contributed by atoms with E-state index in [4.69, 9.17) is 11.6 Å². The minimum atomic E-state index is -4.74. The molecule has 0 atom stereocenters. The van der Waals surface area contributed by atoms with Crippen molar-refractivity contribution < 1.29 is 26.4 Å². The fourth-order valence-corrected chi connectivity index (χ4v) is 4.04. The summed E-state index contributed by atoms with van der Waals surface area (Å²) in [4.78, 5) is 10.9. The van der Waals surface area contributed by atoms with Crippen LogP contribution in [0, 0.1) is 0 Å². The lowest BCUT2D eigenvalue weighted by atomic mass is 10.2. The highest BCUT2D eigenvalue weighted by Crippen LogP contribution is 2.38. The Morgan fingerprint density at radius 1 is 1.21 bits per heavy atom. The number of alkyl halides is 3. The fourth-order valence-electron chi connectivity index (χ4n) is 2.39. The molecule has 28 heavy (non-hydrogen) atoms. The molecular formula is C18H16ClF3N2O3S. The molecule has 0 saturated carbocycles. The van der Waals surface area contributed by atoms with E-state index in [1.807, 2.05) is 0 Å². The van der Waals surface area contributed by atoms with Crippen molar-refractivity contribution in [2.24, 2.45) is 0 Å². The first kappa shape index (κ1) is 21.8. The lowest BCUT2D eigenvalue weighted by Crippen LogP contribution is -2.31. The number of hydrogen-bond acceptors (Lipinski definition) is 3. The number of nitrogens with zero attached hydrogens (tertiary/aromatic N) is 1. The Morgan fingerprint density at radius 2 is 1.82 bits per heavy atom. The van der Waals surface area contributed by atoms with Gasteiger partial charge in [0.25, 0.3) is 10.0 Å². The van der Waals surface area contributed by atoms with Crippen molar-refractivity contribution in [3.63, 3.8) is 0 Å². The highest BCUT2D eigenvalue weighted by molar-refractivity contribution is 7.92. The van der Waals surface area contributed by atoms with Gasteiger partial charge in [-0.05, 0) is 42.5 Å². The first-order valence-corrected chi connectivity index (χ1v) is 9.66. The van der Waals surface area contributed by atoms with Crippen LogP contribution in [0.15, 0.2) is 60.0 Å². The fraction of sp³-hybridized carbons (Fsp3) is 0.167. The number of rotatable bonds is 6. The van der Waals surface area contributed by atoms with Crippen LogP contribution in [-0.2, 0) is 21.0 Å². The second kappa shape index (κ2) is 8.24. The third kappa shape index (κ3) is 4.85. The smallest absolute Gasteiger partial charge is 0.326 e. The van der Waals surface area contributed by atoms with E-state index in [0.717, 1.165) is 10.4 Å². The third-order valence-corrected chi connectivity index (χ3v) is 5.74. The van der Waals surface area contributed by atoms with Gasteiger partial charge in [-0.1, -0.05) is 17.7 Å². The normalized spacial score (nSPS) is 11.8. The summed E-state index contributed by atoms with van der Waals surface area (Å²) in [6, 6.07) is 8.10. The molecule has 0 heterocycles. The highest BCUT2D eigenvalue weighted by Gasteiger charge is 2.35. The molecule has 150 valence electrons. The van der Waals surface area contributed by atoms with E-state index in [2.05, 4.69) is 11.9 Å². The van der Waals surface area contributed by atoms with Gasteiger partial charge in [-0.25, -0.2) is 8.42 Å². The first-order valence-electron chi connectivity index (χ1n) is 7.85. The van der Waals surface area contributed by atoms with Crippen molar-refractivity contribution in [3.8, 4) is 0 Å². The zero-order valence-corrected chi connectivity index (χ0v) is 16.2. The zero-order valence-electron chi connectivity index (χ0n) is 14.6. The van der Waals surface area contributed by atoms with Gasteiger partial charge < -0.3 is 5.32 Å². The predicted octanol–water partition coefficient (Wildman–Crippen LogP) is 4.70. The summed E-state index contributed by atoms with van der Waals surface area (Å²) in [7, 11) is -4.20. The molecule has 0 bridgehead atoms. The quantitative estimate of drug-likeness (QED) is 0.673. The highest BCUT2D eigenvalue weighted by atomic mass is 35.5. The molecule has 1 amide bonds. The third-order valence-electron chi connectivity index (χ3n) is 3.60. The van der Waals surface area contributed by atoms with Crippen LogP contribution >= 0.6 is 11.6 Å². The average molecular weight is 433 g/mol. The number of sulfonamides is 1. The van der Waals surface area contributed by atoms with Crippen LogP contribution in [-0.4, -0.2) is 20.9 Å². The van der Waals surface area contributed by atoms with Crippen LogP contribution in [0.1, 0.15) is 12.5 Å². The first-order chi connectivity index (χ1) is 13.0. The van der Waals surface area contributed by atoms with E-state index in [-0.39, 0.29) is 23.0 Å². The van der Waals surface area contributed by atoms with Gasteiger partial charge in [-0.15, -0.1) is 6.58 Å². The maximum atomic E-state index is 13.1. The van der Waals surface area contributed by atoms with Crippen LogP contribution in [0.25, 0.3) is 0 Å². The zero-order chi connectivity index (χ0) is 21.1. The molecule has 0 aliphatic rings. The number of hydrogen-bond donors (Lipinski definition) is 1. The van der Waals surface area contributed by atoms with Crippen LogP contribution in [0.5, 0.6) is 0 Å². The second-order valence-electron chi connectivity index (χ2n) is 5.69. The van der Waals surface area contributed by atoms with Gasteiger partial charge >= 0.3 is 6.18 Å². The van der Waals surface area contributed by atoms with Crippen molar-refractivity contribution >= 4 is 38.9 Å². The summed E-state index contributed by atoms with van der Waals surface area (Å²) in [5, 5.41) is 1.96. The summed E-state index contributed by atoms with van der Waals surface area (Å²) in [5.41, 5.74) is -0.966. The molecule has 2 rings (SSSR count). The Morgan fingerprint density at radius 3 is 2.32 bits per heavy atom. The van der Waals surface area contributed by atoms with Gasteiger partial charge in [0.05, 0.1) is 27.7 Å². The summed E-state index contributed by atoms with van der Waals surface area (Å²) >= 11 is 5.61. The van der Waals surface area contributed by atoms with E-state index < -0.39 is 26.8 Å². The number of nitrogens with one attached hydrogen (secondary N) is 1. The van der Waals surface area contributed by atoms with Gasteiger partial charge in [0.2, 0.25) is 5.91 Å². The molecule has 1 N–H and O–H groups in total. The molecule has 10 heteroatoms. The molecule has 2 aromatic rings. The molecule has 5 nitrogen and oxygen atoms in total. The number of amides is 1. The van der Waals surface area contributed by atoms with Crippen LogP contribution in [0.2, 0.25) is 5.02 Å². The van der Waals surface area contributed by atoms with E-state index in [9.17, 15) is 26.4 Å². The molecule has 0 saturated heterocycles. The predicted molar refractivity (Wildman–Crippen MR) is 102 cm³/mol. The van der Waals surface area contributed by atoms with Crippen LogP contribution < -0.4 is 9.62 Å². The Hall–Kier alpha value is -2.52. The Bertz CT molecular complexity index is 990. The molecule has 0 unspecified atom stereocenters. The number of carbonyl (C=O) groups is 1. The van der Waals surface area contributed by atoms with Crippen LogP contribution in [0.3, 0.4) is 0 Å². The Labute approximate surface area is 165 Å². The Kier molecular flexibility index (Phi) is 6.41. The summed E-state index contributed by atoms with van der Waals surface area (Å²) in [6.07, 6.45) is -3.48. The lowest BCUT2D eigenvalue weighted by Gasteiger charge is -2.24. The number of carbonyl (C=O) groups excluding carboxylic acids is 1. The molecule has 0 aliphatic carbocycles. The topological polar surface area (TPSA) is 66.5 Å². The molecule has 2 aromatic carbocycles. The van der Waals surface area contributed by atoms with Crippen LogP contribution in [0.4, 0.5) is 24.5 Å². The van der Waals surface area contributed by atoms with Crippen molar-refractivity contribution in [1.82, 2.24) is 0 Å². The van der Waals surface area contributed by atoms with Gasteiger partial charge in [0, 0.05) is 12.6 Å². The molecule has 0 radical (unpaired) electrons. The monoisotopic (exact) mass is 432 g/mol. The minimum Gasteiger partial charge on any atom is -0.326 e. The standard InChI is InChI=1S/C18H16ClF3N2O3S/c1-3-10-24(14-6-9-17(19)16(11-14)18(20,21)22)28(26,27)15-7-4-13(5-8-15)23-12(2)25/h3-9,11H,1,10H2,2H3,(H,23,25). The molecule has 0 spiro atoms. The summed E-state index contributed by atoms with van der Waals surface area (Å²) in [5.74, 6) is -0.329. The van der Waals surface area contributed by atoms with Crippen molar-refractivity contribution in [2.75, 3.05) is 16.2 Å². The van der Waals surface area contributed by atoms with Crippen molar-refractivity contribution in [1.29, 1.82) is 0 Å². The molecular weight excluding hydrogens is 417 g/mol. The maximum absolute atomic E-state index is 13.1. The molecule has 0 aromatic heterocycles. The maximum Gasteiger partial charge on any atom is 0.417 e. The van der Waals surface area contributed by atoms with E-state index in [1.54, 1.807) is 0 Å². The van der Waals surface area contributed by atoms with Gasteiger partial charge in [-0.2, -0.15) is 13.2 Å². The average Bonchev–Trinajstić information content (AvgIpc) is 2.59. The van der Waals surface area contributed by atoms with E-state index in [0.29, 0.717) is 11.8 Å².